The molecule has 3 nitrogen and oxygen atoms in total. The molecule has 0 aliphatic carbocycles. The van der Waals surface area contributed by atoms with E-state index < -0.39 is 0 Å². The largest absolute Gasteiger partial charge is 0.490 e. The van der Waals surface area contributed by atoms with Gasteiger partial charge >= 0.3 is 0 Å². The van der Waals surface area contributed by atoms with Crippen molar-refractivity contribution in [3.05, 3.63) is 28.2 Å². The summed E-state index contributed by atoms with van der Waals surface area (Å²) in [7, 11) is 0. The minimum Gasteiger partial charge on any atom is -0.490 e. The van der Waals surface area contributed by atoms with Gasteiger partial charge in [-0.2, -0.15) is 11.8 Å². The maximum absolute atomic E-state index is 6.17. The minimum atomic E-state index is 0.0691. The van der Waals surface area contributed by atoms with Crippen LogP contribution >= 0.6 is 27.7 Å². The van der Waals surface area contributed by atoms with Crippen LogP contribution in [0, 0.1) is 0 Å². The Bertz CT molecular complexity index is 477. The van der Waals surface area contributed by atoms with E-state index in [0.29, 0.717) is 6.54 Å². The van der Waals surface area contributed by atoms with Crippen molar-refractivity contribution in [3.63, 3.8) is 0 Å². The average molecular weight is 358 g/mol. The standard InChI is InChI=1S/C15H20BrNO2S/c16-14-2-1-12(7-11(14)9-17)19-13-3-5-18-15(8-13)4-6-20-10-15/h1-2,7,13H,3-6,8-10,17H2. The van der Waals surface area contributed by atoms with Gasteiger partial charge in [-0.25, -0.2) is 0 Å². The van der Waals surface area contributed by atoms with Crippen LogP contribution in [0.4, 0.5) is 0 Å². The molecule has 1 aromatic rings. The Labute approximate surface area is 132 Å². The molecule has 2 heterocycles. The summed E-state index contributed by atoms with van der Waals surface area (Å²) in [4.78, 5) is 0. The van der Waals surface area contributed by atoms with E-state index in [1.54, 1.807) is 0 Å². The zero-order chi connectivity index (χ0) is 14.0. The Morgan fingerprint density at radius 3 is 3.15 bits per heavy atom. The van der Waals surface area contributed by atoms with Crippen molar-refractivity contribution in [3.8, 4) is 5.75 Å². The fourth-order valence-electron chi connectivity index (χ4n) is 2.92. The molecule has 2 atom stereocenters. The Hall–Kier alpha value is -0.230. The van der Waals surface area contributed by atoms with Gasteiger partial charge in [0.25, 0.3) is 0 Å². The molecule has 0 bridgehead atoms. The average Bonchev–Trinajstić information content (AvgIpc) is 2.89. The van der Waals surface area contributed by atoms with Gasteiger partial charge in [-0.1, -0.05) is 15.9 Å². The Morgan fingerprint density at radius 2 is 2.40 bits per heavy atom. The van der Waals surface area contributed by atoms with Crippen LogP contribution in [-0.4, -0.2) is 29.8 Å². The zero-order valence-corrected chi connectivity index (χ0v) is 13.8. The van der Waals surface area contributed by atoms with Crippen molar-refractivity contribution in [1.29, 1.82) is 0 Å². The number of hydrogen-bond donors (Lipinski definition) is 1. The van der Waals surface area contributed by atoms with Gasteiger partial charge in [0.1, 0.15) is 11.9 Å². The Morgan fingerprint density at radius 1 is 1.50 bits per heavy atom. The van der Waals surface area contributed by atoms with E-state index in [1.165, 1.54) is 5.75 Å². The summed E-state index contributed by atoms with van der Waals surface area (Å²) in [6.45, 7) is 1.33. The molecular weight excluding hydrogens is 338 g/mol. The SMILES string of the molecule is NCc1cc(OC2CCOC3(CCSC3)C2)ccc1Br. The Balaban J connectivity index is 1.68. The molecule has 0 amide bonds. The van der Waals surface area contributed by atoms with E-state index in [-0.39, 0.29) is 11.7 Å². The lowest BCUT2D eigenvalue weighted by molar-refractivity contribution is -0.0959. The fourth-order valence-corrected chi connectivity index (χ4v) is 4.71. The third-order valence-electron chi connectivity index (χ3n) is 4.05. The van der Waals surface area contributed by atoms with Gasteiger partial charge in [-0.05, 0) is 35.9 Å². The molecule has 3 rings (SSSR count). The molecule has 2 fully saturated rings. The number of rotatable bonds is 3. The van der Waals surface area contributed by atoms with Gasteiger partial charge in [0.05, 0.1) is 12.2 Å². The van der Waals surface area contributed by atoms with Crippen LogP contribution in [0.1, 0.15) is 24.8 Å². The zero-order valence-electron chi connectivity index (χ0n) is 11.4. The second-order valence-electron chi connectivity index (χ2n) is 5.52. The molecule has 2 aliphatic heterocycles. The number of halogens is 1. The highest BCUT2D eigenvalue weighted by Gasteiger charge is 2.41. The van der Waals surface area contributed by atoms with Crippen LogP contribution in [-0.2, 0) is 11.3 Å². The monoisotopic (exact) mass is 357 g/mol. The molecule has 0 saturated carbocycles. The summed E-state index contributed by atoms with van der Waals surface area (Å²) in [5, 5.41) is 0. The highest BCUT2D eigenvalue weighted by molar-refractivity contribution is 9.10. The highest BCUT2D eigenvalue weighted by Crippen LogP contribution is 2.39. The molecule has 2 saturated heterocycles. The van der Waals surface area contributed by atoms with Crippen molar-refractivity contribution < 1.29 is 9.47 Å². The van der Waals surface area contributed by atoms with Crippen molar-refractivity contribution in [1.82, 2.24) is 0 Å². The lowest BCUT2D eigenvalue weighted by Gasteiger charge is -2.37. The first-order valence-electron chi connectivity index (χ1n) is 7.08. The molecule has 0 radical (unpaired) electrons. The second kappa shape index (κ2) is 6.26. The molecule has 5 heteroatoms. The minimum absolute atomic E-state index is 0.0691. The number of benzene rings is 1. The Kier molecular flexibility index (Phi) is 4.60. The normalized spacial score (nSPS) is 29.8. The molecule has 2 unspecified atom stereocenters. The summed E-state index contributed by atoms with van der Waals surface area (Å²) in [5.74, 6) is 3.24. The van der Waals surface area contributed by atoms with Crippen molar-refractivity contribution >= 4 is 27.7 Å². The van der Waals surface area contributed by atoms with Crippen molar-refractivity contribution in [2.24, 2.45) is 5.73 Å². The smallest absolute Gasteiger partial charge is 0.120 e. The van der Waals surface area contributed by atoms with E-state index in [1.807, 2.05) is 30.0 Å². The van der Waals surface area contributed by atoms with E-state index in [9.17, 15) is 0 Å². The molecule has 1 aromatic carbocycles. The van der Waals surface area contributed by atoms with Crippen LogP contribution < -0.4 is 10.5 Å². The molecule has 110 valence electrons. The maximum Gasteiger partial charge on any atom is 0.120 e. The third kappa shape index (κ3) is 3.16. The fraction of sp³-hybridized carbons (Fsp3) is 0.600. The van der Waals surface area contributed by atoms with E-state index in [2.05, 4.69) is 15.9 Å². The van der Waals surface area contributed by atoms with Crippen LogP contribution in [0.25, 0.3) is 0 Å². The first-order chi connectivity index (χ1) is 9.71. The van der Waals surface area contributed by atoms with Crippen LogP contribution in [0.15, 0.2) is 22.7 Å². The maximum atomic E-state index is 6.17. The summed E-state index contributed by atoms with van der Waals surface area (Å²) in [6, 6.07) is 6.06. The molecule has 2 N–H and O–H groups in total. The topological polar surface area (TPSA) is 44.5 Å². The molecule has 0 aromatic heterocycles. The number of hydrogen-bond acceptors (Lipinski definition) is 4. The van der Waals surface area contributed by atoms with Gasteiger partial charge in [-0.15, -0.1) is 0 Å². The summed E-state index contributed by atoms with van der Waals surface area (Å²) in [5.41, 5.74) is 6.89. The second-order valence-corrected chi connectivity index (χ2v) is 7.48. The van der Waals surface area contributed by atoms with E-state index in [4.69, 9.17) is 15.2 Å². The molecule has 1 spiro atoms. The lowest BCUT2D eigenvalue weighted by Crippen LogP contribution is -2.43. The molecular formula is C15H20BrNO2S. The van der Waals surface area contributed by atoms with Gasteiger partial charge in [0, 0.05) is 29.6 Å². The van der Waals surface area contributed by atoms with Crippen molar-refractivity contribution in [2.75, 3.05) is 18.1 Å². The van der Waals surface area contributed by atoms with Gasteiger partial charge in [-0.3, -0.25) is 0 Å². The van der Waals surface area contributed by atoms with E-state index in [0.717, 1.165) is 47.4 Å². The lowest BCUT2D eigenvalue weighted by atomic mass is 9.91. The van der Waals surface area contributed by atoms with Crippen LogP contribution in [0.3, 0.4) is 0 Å². The molecule has 2 aliphatic rings. The van der Waals surface area contributed by atoms with E-state index >= 15 is 0 Å². The predicted molar refractivity (Wildman–Crippen MR) is 86.3 cm³/mol. The summed E-state index contributed by atoms with van der Waals surface area (Å²) < 4.78 is 13.2. The summed E-state index contributed by atoms with van der Waals surface area (Å²) >= 11 is 5.50. The first-order valence-corrected chi connectivity index (χ1v) is 9.02. The first kappa shape index (κ1) is 14.7. The van der Waals surface area contributed by atoms with Gasteiger partial charge < -0.3 is 15.2 Å². The van der Waals surface area contributed by atoms with Crippen LogP contribution in [0.2, 0.25) is 0 Å². The number of thioether (sulfide) groups is 1. The quantitative estimate of drug-likeness (QED) is 0.900. The number of nitrogens with two attached hydrogens (primary N) is 1. The third-order valence-corrected chi connectivity index (χ3v) is 6.05. The highest BCUT2D eigenvalue weighted by atomic mass is 79.9. The van der Waals surface area contributed by atoms with Gasteiger partial charge in [0.2, 0.25) is 0 Å². The van der Waals surface area contributed by atoms with Crippen molar-refractivity contribution in [2.45, 2.75) is 37.5 Å². The van der Waals surface area contributed by atoms with Gasteiger partial charge in [0.15, 0.2) is 0 Å². The number of ether oxygens (including phenoxy) is 2. The predicted octanol–water partition coefficient (Wildman–Crippen LogP) is 3.34. The summed E-state index contributed by atoms with van der Waals surface area (Å²) in [6.07, 6.45) is 3.40. The molecule has 20 heavy (non-hydrogen) atoms. The van der Waals surface area contributed by atoms with Crippen LogP contribution in [0.5, 0.6) is 5.75 Å².